The highest BCUT2D eigenvalue weighted by molar-refractivity contribution is 5.95. The molecule has 2 heterocycles. The van der Waals surface area contributed by atoms with E-state index in [4.69, 9.17) is 10.9 Å². The highest BCUT2D eigenvalue weighted by Crippen LogP contribution is 2.17. The van der Waals surface area contributed by atoms with Gasteiger partial charge < -0.3 is 15.8 Å². The van der Waals surface area contributed by atoms with Crippen molar-refractivity contribution < 1.29 is 5.21 Å². The molecule has 0 spiro atoms. The van der Waals surface area contributed by atoms with Crippen LogP contribution in [0.25, 0.3) is 0 Å². The van der Waals surface area contributed by atoms with Crippen molar-refractivity contribution in [2.45, 2.75) is 26.3 Å². The molecule has 0 aromatic carbocycles. The first kappa shape index (κ1) is 14.5. The number of amidine groups is 1. The highest BCUT2D eigenvalue weighted by atomic mass is 16.4. The first-order valence-corrected chi connectivity index (χ1v) is 6.84. The number of piperazine rings is 1. The molecule has 7 nitrogen and oxygen atoms in total. The maximum atomic E-state index is 8.78. The first-order valence-electron chi connectivity index (χ1n) is 6.84. The topological polar surface area (TPSA) is 90.9 Å². The lowest BCUT2D eigenvalue weighted by molar-refractivity contribution is 0.212. The van der Waals surface area contributed by atoms with Crippen molar-refractivity contribution in [3.63, 3.8) is 0 Å². The van der Waals surface area contributed by atoms with Gasteiger partial charge >= 0.3 is 0 Å². The quantitative estimate of drug-likeness (QED) is 0.360. The number of hydrogen-bond donors (Lipinski definition) is 2. The Morgan fingerprint density at radius 1 is 1.50 bits per heavy atom. The third kappa shape index (κ3) is 2.98. The van der Waals surface area contributed by atoms with E-state index in [0.717, 1.165) is 31.7 Å². The molecule has 0 bridgehead atoms. The molecule has 0 radical (unpaired) electrons. The molecule has 0 aliphatic carbocycles. The summed E-state index contributed by atoms with van der Waals surface area (Å²) in [7, 11) is 2.14. The second-order valence-electron chi connectivity index (χ2n) is 5.17. The molecule has 1 aromatic heterocycles. The van der Waals surface area contributed by atoms with Crippen molar-refractivity contribution in [2.24, 2.45) is 10.9 Å². The summed E-state index contributed by atoms with van der Waals surface area (Å²) < 4.78 is 0. The fraction of sp³-hybridized carbons (Fsp3) is 0.615. The maximum Gasteiger partial charge on any atom is 0.226 e. The summed E-state index contributed by atoms with van der Waals surface area (Å²) in [6.07, 6.45) is 1.09. The van der Waals surface area contributed by atoms with Gasteiger partial charge in [-0.1, -0.05) is 12.1 Å². The van der Waals surface area contributed by atoms with Gasteiger partial charge in [0.05, 0.1) is 0 Å². The number of rotatable bonds is 3. The average Bonchev–Trinajstić information content (AvgIpc) is 2.46. The number of aromatic nitrogens is 2. The monoisotopic (exact) mass is 278 g/mol. The van der Waals surface area contributed by atoms with Crippen LogP contribution in [0.3, 0.4) is 0 Å². The van der Waals surface area contributed by atoms with Crippen LogP contribution in [0.4, 0.5) is 5.95 Å². The molecule has 1 aromatic rings. The van der Waals surface area contributed by atoms with Crippen molar-refractivity contribution in [2.75, 3.05) is 31.6 Å². The molecular weight excluding hydrogens is 256 g/mol. The number of likely N-dealkylation sites (N-methyl/N-ethyl adjacent to an activating group) is 1. The SMILES string of the molecule is CCC1CN(c2nc(C)cc(/C(N)=N/O)n2)CCN1C. The first-order chi connectivity index (χ1) is 9.55. The molecule has 1 atom stereocenters. The van der Waals surface area contributed by atoms with Crippen LogP contribution in [0.15, 0.2) is 11.2 Å². The predicted octanol–water partition coefficient (Wildman–Crippen LogP) is 0.410. The summed E-state index contributed by atoms with van der Waals surface area (Å²) in [5.74, 6) is 0.663. The van der Waals surface area contributed by atoms with Gasteiger partial charge in [-0.15, -0.1) is 0 Å². The van der Waals surface area contributed by atoms with Gasteiger partial charge in [0.15, 0.2) is 5.84 Å². The Balaban J connectivity index is 2.26. The van der Waals surface area contributed by atoms with Gasteiger partial charge in [-0.05, 0) is 26.5 Å². The molecule has 0 amide bonds. The Hall–Kier alpha value is -1.89. The summed E-state index contributed by atoms with van der Waals surface area (Å²) in [6, 6.07) is 2.21. The maximum absolute atomic E-state index is 8.78. The van der Waals surface area contributed by atoms with Gasteiger partial charge in [0.2, 0.25) is 5.95 Å². The van der Waals surface area contributed by atoms with Crippen LogP contribution < -0.4 is 10.6 Å². The Bertz CT molecular complexity index is 504. The van der Waals surface area contributed by atoms with Crippen LogP contribution in [-0.4, -0.2) is 58.6 Å². The molecule has 110 valence electrons. The van der Waals surface area contributed by atoms with Crippen molar-refractivity contribution in [3.05, 3.63) is 17.5 Å². The molecule has 2 rings (SSSR count). The molecule has 1 aliphatic heterocycles. The molecule has 20 heavy (non-hydrogen) atoms. The number of oxime groups is 1. The lowest BCUT2D eigenvalue weighted by Crippen LogP contribution is -2.51. The number of nitrogens with two attached hydrogens (primary N) is 1. The standard InChI is InChI=1S/C13H22N6O/c1-4-10-8-19(6-5-18(10)3)13-15-9(2)7-11(16-13)12(14)17-20/h7,10,20H,4-6,8H2,1-3H3,(H2,14,17). The van der Waals surface area contributed by atoms with Crippen molar-refractivity contribution in [1.82, 2.24) is 14.9 Å². The lowest BCUT2D eigenvalue weighted by atomic mass is 10.1. The number of hydrogen-bond acceptors (Lipinski definition) is 6. The molecule has 1 fully saturated rings. The lowest BCUT2D eigenvalue weighted by Gasteiger charge is -2.39. The number of anilines is 1. The fourth-order valence-electron chi connectivity index (χ4n) is 2.45. The number of aryl methyl sites for hydroxylation is 1. The zero-order valence-electron chi connectivity index (χ0n) is 12.2. The summed E-state index contributed by atoms with van der Waals surface area (Å²) in [5, 5.41) is 11.8. The predicted molar refractivity (Wildman–Crippen MR) is 78.2 cm³/mol. The largest absolute Gasteiger partial charge is 0.409 e. The van der Waals surface area contributed by atoms with Crippen LogP contribution in [0.5, 0.6) is 0 Å². The molecular formula is C13H22N6O. The van der Waals surface area contributed by atoms with E-state index in [2.05, 4.69) is 38.9 Å². The third-order valence-electron chi connectivity index (χ3n) is 3.74. The van der Waals surface area contributed by atoms with E-state index >= 15 is 0 Å². The van der Waals surface area contributed by atoms with E-state index in [0.29, 0.717) is 17.7 Å². The van der Waals surface area contributed by atoms with E-state index in [1.807, 2.05) is 6.92 Å². The Morgan fingerprint density at radius 3 is 2.90 bits per heavy atom. The van der Waals surface area contributed by atoms with Crippen LogP contribution in [0.2, 0.25) is 0 Å². The van der Waals surface area contributed by atoms with Crippen LogP contribution in [-0.2, 0) is 0 Å². The van der Waals surface area contributed by atoms with Crippen LogP contribution in [0, 0.1) is 6.92 Å². The molecule has 1 unspecified atom stereocenters. The summed E-state index contributed by atoms with van der Waals surface area (Å²) in [4.78, 5) is 13.4. The van der Waals surface area contributed by atoms with E-state index in [1.165, 1.54) is 0 Å². The van der Waals surface area contributed by atoms with E-state index in [1.54, 1.807) is 6.07 Å². The van der Waals surface area contributed by atoms with Gasteiger partial charge in [0, 0.05) is 31.4 Å². The van der Waals surface area contributed by atoms with Crippen LogP contribution in [0.1, 0.15) is 24.7 Å². The molecule has 3 N–H and O–H groups in total. The van der Waals surface area contributed by atoms with Gasteiger partial charge in [-0.2, -0.15) is 0 Å². The van der Waals surface area contributed by atoms with E-state index in [9.17, 15) is 0 Å². The zero-order valence-corrected chi connectivity index (χ0v) is 12.2. The van der Waals surface area contributed by atoms with Gasteiger partial charge in [0.25, 0.3) is 0 Å². The third-order valence-corrected chi connectivity index (χ3v) is 3.74. The highest BCUT2D eigenvalue weighted by Gasteiger charge is 2.25. The van der Waals surface area contributed by atoms with Crippen molar-refractivity contribution >= 4 is 11.8 Å². The zero-order chi connectivity index (χ0) is 14.7. The molecule has 1 saturated heterocycles. The number of nitrogens with zero attached hydrogens (tertiary/aromatic N) is 5. The smallest absolute Gasteiger partial charge is 0.226 e. The minimum Gasteiger partial charge on any atom is -0.409 e. The minimum atomic E-state index is 0.0120. The minimum absolute atomic E-state index is 0.0120. The Labute approximate surface area is 119 Å². The summed E-state index contributed by atoms with van der Waals surface area (Å²) >= 11 is 0. The van der Waals surface area contributed by atoms with Crippen molar-refractivity contribution in [1.29, 1.82) is 0 Å². The molecule has 0 saturated carbocycles. The van der Waals surface area contributed by atoms with Gasteiger partial charge in [-0.3, -0.25) is 4.90 Å². The summed E-state index contributed by atoms with van der Waals surface area (Å²) in [6.45, 7) is 6.82. The van der Waals surface area contributed by atoms with Crippen LogP contribution >= 0.6 is 0 Å². The summed E-state index contributed by atoms with van der Waals surface area (Å²) in [5.41, 5.74) is 6.89. The van der Waals surface area contributed by atoms with E-state index < -0.39 is 0 Å². The van der Waals surface area contributed by atoms with Gasteiger partial charge in [0.1, 0.15) is 5.69 Å². The second-order valence-corrected chi connectivity index (χ2v) is 5.17. The van der Waals surface area contributed by atoms with E-state index in [-0.39, 0.29) is 5.84 Å². The second kappa shape index (κ2) is 6.04. The van der Waals surface area contributed by atoms with Gasteiger partial charge in [-0.25, -0.2) is 9.97 Å². The Kier molecular flexibility index (Phi) is 4.39. The Morgan fingerprint density at radius 2 is 2.25 bits per heavy atom. The average molecular weight is 278 g/mol. The molecule has 1 aliphatic rings. The molecule has 7 heteroatoms. The van der Waals surface area contributed by atoms with Crippen molar-refractivity contribution in [3.8, 4) is 0 Å². The normalized spacial score (nSPS) is 21.2. The fourth-order valence-corrected chi connectivity index (χ4v) is 2.45.